The molecule has 4 rings (SSSR count). The number of hydrogen-bond acceptors (Lipinski definition) is 4. The minimum Gasteiger partial charge on any atom is -0.497 e. The number of amides is 1. The lowest BCUT2D eigenvalue weighted by atomic mass is 9.97. The molecule has 24 heavy (non-hydrogen) atoms. The Kier molecular flexibility index (Phi) is 3.30. The highest BCUT2D eigenvalue weighted by atomic mass is 16.5. The second-order valence-electron chi connectivity index (χ2n) is 5.70. The highest BCUT2D eigenvalue weighted by Crippen LogP contribution is 2.41. The third-order valence-corrected chi connectivity index (χ3v) is 4.34. The molecule has 1 atom stereocenters. The fraction of sp³-hybridized carbons (Fsp3) is 0.167. The molecule has 3 aromatic rings. The van der Waals surface area contributed by atoms with Crippen molar-refractivity contribution in [2.45, 2.75) is 6.04 Å². The van der Waals surface area contributed by atoms with E-state index in [0.29, 0.717) is 5.69 Å². The van der Waals surface area contributed by atoms with Crippen molar-refractivity contribution in [3.63, 3.8) is 0 Å². The number of nitrogens with one attached hydrogen (secondary N) is 1. The van der Waals surface area contributed by atoms with Crippen LogP contribution in [0.5, 0.6) is 5.75 Å². The molecule has 3 heterocycles. The molecule has 6 nitrogen and oxygen atoms in total. The van der Waals surface area contributed by atoms with Gasteiger partial charge in [-0.25, -0.2) is 0 Å². The largest absolute Gasteiger partial charge is 0.497 e. The summed E-state index contributed by atoms with van der Waals surface area (Å²) >= 11 is 0. The first-order valence-corrected chi connectivity index (χ1v) is 7.60. The molecule has 1 aliphatic heterocycles. The Morgan fingerprint density at radius 1 is 1.25 bits per heavy atom. The topological polar surface area (TPSA) is 71.1 Å². The van der Waals surface area contributed by atoms with Crippen molar-refractivity contribution < 1.29 is 9.53 Å². The number of aromatic amines is 1. The van der Waals surface area contributed by atoms with Crippen LogP contribution >= 0.6 is 0 Å². The maximum Gasteiger partial charge on any atom is 0.272 e. The number of rotatable bonds is 3. The van der Waals surface area contributed by atoms with Gasteiger partial charge >= 0.3 is 0 Å². The van der Waals surface area contributed by atoms with Crippen LogP contribution in [0.2, 0.25) is 0 Å². The molecule has 1 unspecified atom stereocenters. The van der Waals surface area contributed by atoms with Crippen LogP contribution < -0.4 is 4.74 Å². The Morgan fingerprint density at radius 3 is 2.88 bits per heavy atom. The maximum atomic E-state index is 12.6. The molecule has 1 amide bonds. The Bertz CT molecular complexity index is 904. The fourth-order valence-corrected chi connectivity index (χ4v) is 3.19. The van der Waals surface area contributed by atoms with E-state index in [1.54, 1.807) is 31.5 Å². The number of H-pyrrole nitrogens is 1. The third kappa shape index (κ3) is 2.07. The van der Waals surface area contributed by atoms with Gasteiger partial charge in [-0.2, -0.15) is 5.10 Å². The molecular formula is C18H16N4O2. The first-order chi connectivity index (χ1) is 11.7. The number of pyridine rings is 1. The Morgan fingerprint density at radius 2 is 2.12 bits per heavy atom. The van der Waals surface area contributed by atoms with Gasteiger partial charge in [0, 0.05) is 30.6 Å². The molecule has 0 spiro atoms. The van der Waals surface area contributed by atoms with Gasteiger partial charge in [0.15, 0.2) is 0 Å². The molecule has 1 N–H and O–H groups in total. The highest BCUT2D eigenvalue weighted by Gasteiger charge is 2.40. The van der Waals surface area contributed by atoms with Gasteiger partial charge in [0.25, 0.3) is 5.91 Å². The van der Waals surface area contributed by atoms with E-state index in [2.05, 4.69) is 15.2 Å². The number of fused-ring (bicyclic) bond motifs is 1. The fourth-order valence-electron chi connectivity index (χ4n) is 3.19. The van der Waals surface area contributed by atoms with Crippen molar-refractivity contribution in [1.82, 2.24) is 20.1 Å². The standard InChI is InChI=1S/C18H16N4O2/c1-22-17(12-6-4-8-19-10-12)14-15(20-21-16(14)18(22)23)11-5-3-7-13(9-11)24-2/h3-10,17H,1-2H3,(H,20,21). The van der Waals surface area contributed by atoms with Gasteiger partial charge in [0.1, 0.15) is 11.4 Å². The minimum atomic E-state index is -0.207. The number of aromatic nitrogens is 3. The van der Waals surface area contributed by atoms with Crippen molar-refractivity contribution in [1.29, 1.82) is 0 Å². The van der Waals surface area contributed by atoms with Gasteiger partial charge < -0.3 is 9.64 Å². The number of nitrogens with zero attached hydrogens (tertiary/aromatic N) is 3. The molecule has 2 aromatic heterocycles. The zero-order chi connectivity index (χ0) is 16.7. The smallest absolute Gasteiger partial charge is 0.272 e. The summed E-state index contributed by atoms with van der Waals surface area (Å²) in [6.45, 7) is 0. The molecule has 1 aromatic carbocycles. The monoisotopic (exact) mass is 320 g/mol. The molecule has 0 radical (unpaired) electrons. The summed E-state index contributed by atoms with van der Waals surface area (Å²) in [5, 5.41) is 7.30. The molecule has 0 saturated carbocycles. The molecule has 120 valence electrons. The predicted octanol–water partition coefficient (Wildman–Crippen LogP) is 2.66. The maximum absolute atomic E-state index is 12.6. The number of methoxy groups -OCH3 is 1. The summed E-state index contributed by atoms with van der Waals surface area (Å²) in [6.07, 6.45) is 3.51. The van der Waals surface area contributed by atoms with Crippen LogP contribution in [-0.4, -0.2) is 40.1 Å². The van der Waals surface area contributed by atoms with E-state index in [4.69, 9.17) is 4.74 Å². The van der Waals surface area contributed by atoms with Crippen LogP contribution in [0.15, 0.2) is 48.8 Å². The first-order valence-electron chi connectivity index (χ1n) is 7.60. The van der Waals surface area contributed by atoms with Crippen LogP contribution in [0.1, 0.15) is 27.7 Å². The van der Waals surface area contributed by atoms with Crippen molar-refractivity contribution in [2.24, 2.45) is 0 Å². The number of hydrogen-bond donors (Lipinski definition) is 1. The highest BCUT2D eigenvalue weighted by molar-refractivity contribution is 6.00. The van der Waals surface area contributed by atoms with Crippen molar-refractivity contribution >= 4 is 5.91 Å². The Balaban J connectivity index is 1.89. The second kappa shape index (κ2) is 5.49. The lowest BCUT2D eigenvalue weighted by Crippen LogP contribution is -2.24. The molecule has 0 aliphatic carbocycles. The Labute approximate surface area is 139 Å². The molecule has 6 heteroatoms. The van der Waals surface area contributed by atoms with E-state index in [9.17, 15) is 4.79 Å². The number of carbonyl (C=O) groups is 1. The second-order valence-corrected chi connectivity index (χ2v) is 5.70. The van der Waals surface area contributed by atoms with Gasteiger partial charge in [0.2, 0.25) is 0 Å². The quantitative estimate of drug-likeness (QED) is 0.805. The molecule has 0 bridgehead atoms. The summed E-state index contributed by atoms with van der Waals surface area (Å²) in [7, 11) is 3.42. The van der Waals surface area contributed by atoms with Crippen LogP contribution in [0.4, 0.5) is 0 Å². The molecule has 1 aliphatic rings. The average Bonchev–Trinajstić information content (AvgIpc) is 3.16. The number of carbonyl (C=O) groups excluding carboxylic acids is 1. The van der Waals surface area contributed by atoms with Gasteiger partial charge in [0.05, 0.1) is 18.8 Å². The molecular weight excluding hydrogens is 304 g/mol. The zero-order valence-corrected chi connectivity index (χ0v) is 13.4. The lowest BCUT2D eigenvalue weighted by Gasteiger charge is -2.21. The predicted molar refractivity (Wildman–Crippen MR) is 88.7 cm³/mol. The van der Waals surface area contributed by atoms with E-state index in [-0.39, 0.29) is 11.9 Å². The SMILES string of the molecule is COc1cccc(-c2n[nH]c3c2C(c2cccnc2)N(C)C3=O)c1. The van der Waals surface area contributed by atoms with E-state index in [0.717, 1.165) is 28.1 Å². The number of ether oxygens (including phenoxy) is 1. The Hall–Kier alpha value is -3.15. The molecule has 0 fully saturated rings. The van der Waals surface area contributed by atoms with Crippen LogP contribution in [0.25, 0.3) is 11.3 Å². The van der Waals surface area contributed by atoms with E-state index >= 15 is 0 Å². The average molecular weight is 320 g/mol. The van der Waals surface area contributed by atoms with Crippen molar-refractivity contribution in [3.8, 4) is 17.0 Å². The summed E-state index contributed by atoms with van der Waals surface area (Å²) in [4.78, 5) is 18.5. The zero-order valence-electron chi connectivity index (χ0n) is 13.4. The minimum absolute atomic E-state index is 0.0690. The summed E-state index contributed by atoms with van der Waals surface area (Å²) in [5.74, 6) is 0.681. The van der Waals surface area contributed by atoms with E-state index in [1.807, 2.05) is 36.4 Å². The molecule has 0 saturated heterocycles. The summed E-state index contributed by atoms with van der Waals surface area (Å²) in [6, 6.07) is 11.3. The van der Waals surface area contributed by atoms with Crippen molar-refractivity contribution in [3.05, 3.63) is 65.6 Å². The summed E-state index contributed by atoms with van der Waals surface area (Å²) < 4.78 is 5.30. The lowest BCUT2D eigenvalue weighted by molar-refractivity contribution is 0.0787. The van der Waals surface area contributed by atoms with Gasteiger partial charge in [-0.1, -0.05) is 18.2 Å². The van der Waals surface area contributed by atoms with Gasteiger partial charge in [-0.3, -0.25) is 14.9 Å². The number of benzene rings is 1. The van der Waals surface area contributed by atoms with E-state index < -0.39 is 0 Å². The van der Waals surface area contributed by atoms with Crippen LogP contribution in [0.3, 0.4) is 0 Å². The van der Waals surface area contributed by atoms with Crippen molar-refractivity contribution in [2.75, 3.05) is 14.2 Å². The van der Waals surface area contributed by atoms with Gasteiger partial charge in [-0.05, 0) is 23.8 Å². The van der Waals surface area contributed by atoms with Crippen LogP contribution in [0, 0.1) is 0 Å². The summed E-state index contributed by atoms with van der Waals surface area (Å²) in [5.41, 5.74) is 4.03. The normalized spacial score (nSPS) is 16.3. The first kappa shape index (κ1) is 14.4. The van der Waals surface area contributed by atoms with Gasteiger partial charge in [-0.15, -0.1) is 0 Å². The third-order valence-electron chi connectivity index (χ3n) is 4.34. The van der Waals surface area contributed by atoms with E-state index in [1.165, 1.54) is 0 Å². The van der Waals surface area contributed by atoms with Crippen LogP contribution in [-0.2, 0) is 0 Å².